The molecule has 1 fully saturated rings. The Morgan fingerprint density at radius 2 is 1.43 bits per heavy atom. The average Bonchev–Trinajstić information content (AvgIpc) is 2.90. The van der Waals surface area contributed by atoms with E-state index in [0.29, 0.717) is 5.92 Å². The van der Waals surface area contributed by atoms with Crippen molar-refractivity contribution in [3.8, 4) is 5.75 Å². The summed E-state index contributed by atoms with van der Waals surface area (Å²) in [4.78, 5) is 0. The second-order valence-corrected chi connectivity index (χ2v) is 6.79. The van der Waals surface area contributed by atoms with E-state index in [1.807, 2.05) is 0 Å². The first-order valence-corrected chi connectivity index (χ1v) is 8.36. The summed E-state index contributed by atoms with van der Waals surface area (Å²) in [5.41, 5.74) is 1.50. The SMILES string of the molecule is COc1ccc(C2[C@@H]3C=CCC[C@@H]3[C@@H]3CCC=C[C@@H]23)cc1. The lowest BCUT2D eigenvalue weighted by molar-refractivity contribution is 0.276. The lowest BCUT2D eigenvalue weighted by atomic mass is 9.77. The fourth-order valence-electron chi connectivity index (χ4n) is 5.05. The van der Waals surface area contributed by atoms with Crippen LogP contribution in [0.1, 0.15) is 37.2 Å². The molecule has 0 aromatic heterocycles. The van der Waals surface area contributed by atoms with Gasteiger partial charge in [0.2, 0.25) is 0 Å². The number of rotatable bonds is 2. The number of hydrogen-bond donors (Lipinski definition) is 0. The Kier molecular flexibility index (Phi) is 3.37. The highest BCUT2D eigenvalue weighted by Gasteiger charge is 2.49. The van der Waals surface area contributed by atoms with E-state index in [4.69, 9.17) is 4.74 Å². The summed E-state index contributed by atoms with van der Waals surface area (Å²) in [6.45, 7) is 0. The first kappa shape index (κ1) is 13.2. The van der Waals surface area contributed by atoms with Crippen LogP contribution in [0, 0.1) is 23.7 Å². The molecule has 0 spiro atoms. The molecule has 1 saturated carbocycles. The van der Waals surface area contributed by atoms with Crippen LogP contribution in [0.3, 0.4) is 0 Å². The summed E-state index contributed by atoms with van der Waals surface area (Å²) in [6.07, 6.45) is 15.2. The molecule has 0 N–H and O–H groups in total. The number of fused-ring (bicyclic) bond motifs is 3. The summed E-state index contributed by atoms with van der Waals surface area (Å²) in [5, 5.41) is 0. The third-order valence-electron chi connectivity index (χ3n) is 5.92. The van der Waals surface area contributed by atoms with Crippen molar-refractivity contribution in [3.05, 3.63) is 54.1 Å². The third-order valence-corrected chi connectivity index (χ3v) is 5.92. The van der Waals surface area contributed by atoms with Gasteiger partial charge in [0.1, 0.15) is 5.75 Å². The summed E-state index contributed by atoms with van der Waals surface area (Å²) < 4.78 is 5.32. The Hall–Kier alpha value is -1.50. The van der Waals surface area contributed by atoms with Gasteiger partial charge in [-0.05, 0) is 73.0 Å². The third kappa shape index (κ3) is 2.14. The van der Waals surface area contributed by atoms with Gasteiger partial charge in [-0.2, -0.15) is 0 Å². The molecule has 0 radical (unpaired) electrons. The Morgan fingerprint density at radius 1 is 0.857 bits per heavy atom. The van der Waals surface area contributed by atoms with Gasteiger partial charge in [-0.3, -0.25) is 0 Å². The van der Waals surface area contributed by atoms with Crippen molar-refractivity contribution < 1.29 is 4.74 Å². The fraction of sp³-hybridized carbons (Fsp3) is 0.500. The normalized spacial score (nSPS) is 34.5. The molecule has 1 unspecified atom stereocenters. The van der Waals surface area contributed by atoms with Gasteiger partial charge < -0.3 is 4.74 Å². The van der Waals surface area contributed by atoms with Crippen LogP contribution in [0.15, 0.2) is 48.6 Å². The van der Waals surface area contributed by atoms with E-state index < -0.39 is 0 Å². The van der Waals surface area contributed by atoms with Gasteiger partial charge in [0, 0.05) is 0 Å². The number of ether oxygens (including phenoxy) is 1. The standard InChI is InChI=1S/C20H24O/c1-21-15-12-10-14(11-13-15)20-18-8-4-2-6-16(18)17-7-3-5-9-19(17)20/h4-5,8-13,16-20H,2-3,6-7H2,1H3/t16-,17+,18-,19-,20?/m1/s1. The number of methoxy groups -OCH3 is 1. The van der Waals surface area contributed by atoms with Gasteiger partial charge in [-0.25, -0.2) is 0 Å². The number of hydrogen-bond acceptors (Lipinski definition) is 1. The van der Waals surface area contributed by atoms with Gasteiger partial charge in [0.05, 0.1) is 7.11 Å². The maximum absolute atomic E-state index is 5.32. The minimum absolute atomic E-state index is 0.666. The van der Waals surface area contributed by atoms with Gasteiger partial charge in [0.25, 0.3) is 0 Å². The molecule has 1 aromatic carbocycles. The fourth-order valence-corrected chi connectivity index (χ4v) is 5.05. The molecule has 21 heavy (non-hydrogen) atoms. The zero-order valence-electron chi connectivity index (χ0n) is 12.7. The summed E-state index contributed by atoms with van der Waals surface area (Å²) in [5.74, 6) is 4.91. The largest absolute Gasteiger partial charge is 0.497 e. The molecule has 110 valence electrons. The zero-order chi connectivity index (χ0) is 14.2. The summed E-state index contributed by atoms with van der Waals surface area (Å²) >= 11 is 0. The highest BCUT2D eigenvalue weighted by atomic mass is 16.5. The zero-order valence-corrected chi connectivity index (χ0v) is 12.7. The van der Waals surface area contributed by atoms with Crippen molar-refractivity contribution in [1.82, 2.24) is 0 Å². The van der Waals surface area contributed by atoms with Gasteiger partial charge in [0.15, 0.2) is 0 Å². The minimum atomic E-state index is 0.666. The lowest BCUT2D eigenvalue weighted by Gasteiger charge is -2.28. The van der Waals surface area contributed by atoms with Crippen molar-refractivity contribution in [2.75, 3.05) is 7.11 Å². The summed E-state index contributed by atoms with van der Waals surface area (Å²) in [6, 6.07) is 8.81. The quantitative estimate of drug-likeness (QED) is 0.696. The van der Waals surface area contributed by atoms with Crippen LogP contribution in [0.4, 0.5) is 0 Å². The van der Waals surface area contributed by atoms with Gasteiger partial charge >= 0.3 is 0 Å². The number of allylic oxidation sites excluding steroid dienone is 4. The van der Waals surface area contributed by atoms with Crippen LogP contribution < -0.4 is 4.74 Å². The topological polar surface area (TPSA) is 9.23 Å². The predicted molar refractivity (Wildman–Crippen MR) is 86.4 cm³/mol. The highest BCUT2D eigenvalue weighted by molar-refractivity contribution is 5.34. The first-order valence-electron chi connectivity index (χ1n) is 8.36. The van der Waals surface area contributed by atoms with Crippen molar-refractivity contribution in [3.63, 3.8) is 0 Å². The molecular formula is C20H24O. The average molecular weight is 280 g/mol. The maximum atomic E-state index is 5.32. The van der Waals surface area contributed by atoms with E-state index >= 15 is 0 Å². The van der Waals surface area contributed by atoms with Crippen LogP contribution in [-0.2, 0) is 0 Å². The monoisotopic (exact) mass is 280 g/mol. The molecule has 1 nitrogen and oxygen atoms in total. The van der Waals surface area contributed by atoms with Crippen molar-refractivity contribution in [1.29, 1.82) is 0 Å². The second-order valence-electron chi connectivity index (χ2n) is 6.79. The molecule has 0 saturated heterocycles. The molecule has 4 rings (SSSR count). The Bertz CT molecular complexity index is 526. The lowest BCUT2D eigenvalue weighted by Crippen LogP contribution is -2.19. The molecule has 0 heterocycles. The molecule has 3 aliphatic rings. The molecule has 1 aromatic rings. The van der Waals surface area contributed by atoms with E-state index in [9.17, 15) is 0 Å². The number of benzene rings is 1. The van der Waals surface area contributed by atoms with E-state index in [1.54, 1.807) is 7.11 Å². The van der Waals surface area contributed by atoms with Crippen molar-refractivity contribution in [2.24, 2.45) is 23.7 Å². The Balaban J connectivity index is 1.73. The van der Waals surface area contributed by atoms with Crippen LogP contribution in [0.25, 0.3) is 0 Å². The van der Waals surface area contributed by atoms with E-state index in [-0.39, 0.29) is 0 Å². The van der Waals surface area contributed by atoms with Crippen molar-refractivity contribution in [2.45, 2.75) is 31.6 Å². The molecule has 0 bridgehead atoms. The predicted octanol–water partition coefficient (Wildman–Crippen LogP) is 4.96. The van der Waals surface area contributed by atoms with Gasteiger partial charge in [-0.1, -0.05) is 36.4 Å². The molecule has 5 atom stereocenters. The Morgan fingerprint density at radius 3 is 1.95 bits per heavy atom. The molecule has 0 amide bonds. The second kappa shape index (κ2) is 5.36. The highest BCUT2D eigenvalue weighted by Crippen LogP contribution is 2.57. The molecule has 0 aliphatic heterocycles. The van der Waals surface area contributed by atoms with Crippen LogP contribution in [0.2, 0.25) is 0 Å². The molecule has 3 aliphatic carbocycles. The van der Waals surface area contributed by atoms with E-state index in [2.05, 4.69) is 48.6 Å². The van der Waals surface area contributed by atoms with E-state index in [1.165, 1.54) is 31.2 Å². The van der Waals surface area contributed by atoms with Crippen LogP contribution in [0.5, 0.6) is 5.75 Å². The summed E-state index contributed by atoms with van der Waals surface area (Å²) in [7, 11) is 1.74. The Labute approximate surface area is 127 Å². The molecule has 1 heteroatoms. The maximum Gasteiger partial charge on any atom is 0.118 e. The van der Waals surface area contributed by atoms with Crippen LogP contribution >= 0.6 is 0 Å². The minimum Gasteiger partial charge on any atom is -0.497 e. The smallest absolute Gasteiger partial charge is 0.118 e. The van der Waals surface area contributed by atoms with E-state index in [0.717, 1.165) is 29.4 Å². The van der Waals surface area contributed by atoms with Crippen molar-refractivity contribution >= 4 is 0 Å². The first-order chi connectivity index (χ1) is 10.4. The molecular weight excluding hydrogens is 256 g/mol. The van der Waals surface area contributed by atoms with Gasteiger partial charge in [-0.15, -0.1) is 0 Å². The van der Waals surface area contributed by atoms with Crippen LogP contribution in [-0.4, -0.2) is 7.11 Å².